The van der Waals surface area contributed by atoms with Gasteiger partial charge in [-0.1, -0.05) is 13.0 Å². The van der Waals surface area contributed by atoms with Gasteiger partial charge in [0.15, 0.2) is 0 Å². The number of aryl methyl sites for hydroxylation is 2. The fourth-order valence-corrected chi connectivity index (χ4v) is 3.94. The van der Waals surface area contributed by atoms with Crippen LogP contribution in [-0.2, 0) is 11.2 Å². The van der Waals surface area contributed by atoms with E-state index in [0.717, 1.165) is 25.3 Å². The smallest absolute Gasteiger partial charge is 0.415 e. The Morgan fingerprint density at radius 3 is 2.45 bits per heavy atom. The summed E-state index contributed by atoms with van der Waals surface area (Å²) in [5, 5.41) is 0. The molecule has 8 nitrogen and oxygen atoms in total. The molecule has 166 valence electrons. The van der Waals surface area contributed by atoms with Crippen molar-refractivity contribution in [3.8, 4) is 0 Å². The van der Waals surface area contributed by atoms with Crippen LogP contribution in [0.15, 0.2) is 30.6 Å². The lowest BCUT2D eigenvalue weighted by atomic mass is 10.1. The predicted molar refractivity (Wildman–Crippen MR) is 121 cm³/mol. The van der Waals surface area contributed by atoms with Gasteiger partial charge in [-0.05, 0) is 43.5 Å². The molecule has 4 rings (SSSR count). The highest BCUT2D eigenvalue weighted by Crippen LogP contribution is 2.23. The van der Waals surface area contributed by atoms with Crippen LogP contribution in [0.3, 0.4) is 0 Å². The Labute approximate surface area is 188 Å². The Bertz CT molecular complexity index is 945. The molecule has 0 aromatic carbocycles. The number of nitrogens with zero attached hydrogens (tertiary/aromatic N) is 5. The topological polar surface area (TPSA) is 78.9 Å². The first kappa shape index (κ1) is 22.8. The number of hydrogen-bond donors (Lipinski definition) is 0. The second-order valence-electron chi connectivity index (χ2n) is 7.82. The molecule has 9 heteroatoms. The first-order valence-corrected chi connectivity index (χ1v) is 10.4. The maximum Gasteiger partial charge on any atom is 0.415 e. The van der Waals surface area contributed by atoms with Crippen molar-refractivity contribution in [1.29, 1.82) is 0 Å². The van der Waals surface area contributed by atoms with Crippen LogP contribution in [0, 0.1) is 6.92 Å². The van der Waals surface area contributed by atoms with Crippen LogP contribution < -0.4 is 9.80 Å². The zero-order chi connectivity index (χ0) is 21.3. The van der Waals surface area contributed by atoms with Gasteiger partial charge in [0.1, 0.15) is 18.2 Å². The summed E-state index contributed by atoms with van der Waals surface area (Å²) in [7, 11) is 0. The number of anilines is 2. The minimum absolute atomic E-state index is 0. The molecule has 2 aliphatic rings. The second-order valence-corrected chi connectivity index (χ2v) is 7.82. The number of hydrogen-bond acceptors (Lipinski definition) is 6. The van der Waals surface area contributed by atoms with Crippen molar-refractivity contribution in [2.24, 2.45) is 0 Å². The molecule has 0 N–H and O–H groups in total. The molecule has 0 radical (unpaired) electrons. The van der Waals surface area contributed by atoms with Crippen molar-refractivity contribution in [2.75, 3.05) is 42.6 Å². The highest BCUT2D eigenvalue weighted by molar-refractivity contribution is 5.95. The Morgan fingerprint density at radius 2 is 1.90 bits per heavy atom. The van der Waals surface area contributed by atoms with Gasteiger partial charge >= 0.3 is 6.09 Å². The van der Waals surface area contributed by atoms with Gasteiger partial charge in [-0.3, -0.25) is 9.69 Å². The average molecular weight is 446 g/mol. The van der Waals surface area contributed by atoms with E-state index in [1.54, 1.807) is 12.1 Å². The van der Waals surface area contributed by atoms with Gasteiger partial charge in [0.05, 0.1) is 11.6 Å². The van der Waals surface area contributed by atoms with Crippen molar-refractivity contribution in [1.82, 2.24) is 14.9 Å². The molecule has 1 atom stereocenters. The van der Waals surface area contributed by atoms with Gasteiger partial charge in [-0.15, -0.1) is 12.4 Å². The first-order chi connectivity index (χ1) is 14.5. The molecule has 0 saturated carbocycles. The molecule has 2 aromatic heterocycles. The number of carbonyl (C=O) groups excluding carboxylic acids is 2. The summed E-state index contributed by atoms with van der Waals surface area (Å²) in [6.45, 7) is 9.21. The molecule has 2 saturated heterocycles. The summed E-state index contributed by atoms with van der Waals surface area (Å²) in [6, 6.07) is 5.55. The molecule has 0 spiro atoms. The minimum Gasteiger partial charge on any atom is -0.447 e. The number of carbonyl (C=O) groups is 2. The Hall–Kier alpha value is -2.87. The molecule has 0 unspecified atom stereocenters. The van der Waals surface area contributed by atoms with E-state index in [2.05, 4.69) is 34.8 Å². The quantitative estimate of drug-likeness (QED) is 0.719. The lowest BCUT2D eigenvalue weighted by molar-refractivity contribution is 0.0746. The van der Waals surface area contributed by atoms with Crippen LogP contribution in [0.2, 0.25) is 0 Å². The normalized spacial score (nSPS) is 18.6. The monoisotopic (exact) mass is 445 g/mol. The minimum atomic E-state index is -0.402. The van der Waals surface area contributed by atoms with Crippen LogP contribution in [0.5, 0.6) is 0 Å². The molecule has 31 heavy (non-hydrogen) atoms. The molecule has 2 fully saturated rings. The number of halogens is 1. The number of pyridine rings is 2. The third kappa shape index (κ3) is 4.58. The van der Waals surface area contributed by atoms with Crippen molar-refractivity contribution >= 4 is 36.0 Å². The molecular weight excluding hydrogens is 418 g/mol. The van der Waals surface area contributed by atoms with Crippen molar-refractivity contribution in [3.63, 3.8) is 0 Å². The van der Waals surface area contributed by atoms with E-state index in [4.69, 9.17) is 4.74 Å². The van der Waals surface area contributed by atoms with Gasteiger partial charge in [0.25, 0.3) is 5.91 Å². The zero-order valence-corrected chi connectivity index (χ0v) is 18.9. The molecular formula is C22H28ClN5O3. The lowest BCUT2D eigenvalue weighted by Gasteiger charge is -2.36. The van der Waals surface area contributed by atoms with Gasteiger partial charge in [-0.2, -0.15) is 0 Å². The van der Waals surface area contributed by atoms with Crippen molar-refractivity contribution in [2.45, 2.75) is 33.2 Å². The van der Waals surface area contributed by atoms with Crippen LogP contribution >= 0.6 is 12.4 Å². The van der Waals surface area contributed by atoms with E-state index in [1.807, 2.05) is 18.0 Å². The maximum atomic E-state index is 12.9. The van der Waals surface area contributed by atoms with Crippen LogP contribution in [0.1, 0.15) is 35.3 Å². The number of rotatable bonds is 4. The SMILES string of the molecule is CCc1cnc(N2CCN(C(=O)c3ccc(N4C(=O)OC[C@H]4C)nc3)CC2)c(C)c1.Cl. The lowest BCUT2D eigenvalue weighted by Crippen LogP contribution is -2.49. The summed E-state index contributed by atoms with van der Waals surface area (Å²) in [5.41, 5.74) is 2.93. The fraction of sp³-hybridized carbons (Fsp3) is 0.455. The third-order valence-electron chi connectivity index (χ3n) is 5.71. The molecule has 2 aliphatic heterocycles. The van der Waals surface area contributed by atoms with Gasteiger partial charge in [0, 0.05) is 38.6 Å². The summed E-state index contributed by atoms with van der Waals surface area (Å²) < 4.78 is 5.03. The Balaban J connectivity index is 0.00000272. The summed E-state index contributed by atoms with van der Waals surface area (Å²) in [4.78, 5) is 39.3. The van der Waals surface area contributed by atoms with E-state index >= 15 is 0 Å². The third-order valence-corrected chi connectivity index (χ3v) is 5.71. The molecule has 0 aliphatic carbocycles. The van der Waals surface area contributed by atoms with Crippen LogP contribution in [0.25, 0.3) is 0 Å². The summed E-state index contributed by atoms with van der Waals surface area (Å²) >= 11 is 0. The maximum absolute atomic E-state index is 12.9. The highest BCUT2D eigenvalue weighted by Gasteiger charge is 2.32. The summed E-state index contributed by atoms with van der Waals surface area (Å²) in [5.74, 6) is 1.46. The standard InChI is InChI=1S/C22H27N5O3.ClH/c1-4-17-11-15(2)20(24-12-17)25-7-9-26(10-8-25)21(28)18-5-6-19(23-13-18)27-16(3)14-30-22(27)29;/h5-6,11-13,16H,4,7-10,14H2,1-3H3;1H/t16-;/m1./s1. The fourth-order valence-electron chi connectivity index (χ4n) is 3.94. The first-order valence-electron chi connectivity index (χ1n) is 10.4. The Morgan fingerprint density at radius 1 is 1.16 bits per heavy atom. The summed E-state index contributed by atoms with van der Waals surface area (Å²) in [6.07, 6.45) is 4.05. The van der Waals surface area contributed by atoms with Crippen LogP contribution in [-0.4, -0.2) is 65.7 Å². The van der Waals surface area contributed by atoms with Gasteiger partial charge in [-0.25, -0.2) is 14.8 Å². The molecule has 4 heterocycles. The van der Waals surface area contributed by atoms with Crippen LogP contribution in [0.4, 0.5) is 16.4 Å². The van der Waals surface area contributed by atoms with E-state index < -0.39 is 6.09 Å². The van der Waals surface area contributed by atoms with E-state index in [0.29, 0.717) is 31.1 Å². The van der Waals surface area contributed by atoms with E-state index in [1.165, 1.54) is 22.2 Å². The number of aromatic nitrogens is 2. The zero-order valence-electron chi connectivity index (χ0n) is 18.1. The van der Waals surface area contributed by atoms with Crippen molar-refractivity contribution in [3.05, 3.63) is 47.3 Å². The van der Waals surface area contributed by atoms with Crippen molar-refractivity contribution < 1.29 is 14.3 Å². The Kier molecular flexibility index (Phi) is 7.00. The second kappa shape index (κ2) is 9.51. The number of ether oxygens (including phenoxy) is 1. The number of piperazine rings is 1. The van der Waals surface area contributed by atoms with Gasteiger partial charge < -0.3 is 14.5 Å². The number of cyclic esters (lactones) is 1. The van der Waals surface area contributed by atoms with E-state index in [9.17, 15) is 9.59 Å². The highest BCUT2D eigenvalue weighted by atomic mass is 35.5. The molecule has 2 amide bonds. The average Bonchev–Trinajstić information content (AvgIpc) is 3.11. The molecule has 0 bridgehead atoms. The van der Waals surface area contributed by atoms with Gasteiger partial charge in [0.2, 0.25) is 0 Å². The number of amides is 2. The largest absolute Gasteiger partial charge is 0.447 e. The predicted octanol–water partition coefficient (Wildman–Crippen LogP) is 3.08. The van der Waals surface area contributed by atoms with E-state index in [-0.39, 0.29) is 24.4 Å². The molecule has 2 aromatic rings.